The standard InChI is InChI=1S/C9H14N4S/c1-2-8-11-12-9(13(8)4-1)7-6-14-5-3-10-7/h7,10H,1-6H2. The van der Waals surface area contributed by atoms with Crippen LogP contribution in [0.5, 0.6) is 0 Å². The fourth-order valence-electron chi connectivity index (χ4n) is 2.16. The molecule has 76 valence electrons. The van der Waals surface area contributed by atoms with E-state index < -0.39 is 0 Å². The topological polar surface area (TPSA) is 42.7 Å². The molecule has 1 aromatic heterocycles. The van der Waals surface area contributed by atoms with Crippen LogP contribution in [0.1, 0.15) is 24.1 Å². The summed E-state index contributed by atoms with van der Waals surface area (Å²) in [6.07, 6.45) is 2.34. The lowest BCUT2D eigenvalue weighted by molar-refractivity contribution is 0.530. The molecule has 1 aromatic rings. The first-order chi connectivity index (χ1) is 6.95. The minimum absolute atomic E-state index is 0.424. The maximum Gasteiger partial charge on any atom is 0.151 e. The molecule has 0 spiro atoms. The fourth-order valence-corrected chi connectivity index (χ4v) is 3.09. The molecule has 0 bridgehead atoms. The Morgan fingerprint density at radius 2 is 2.43 bits per heavy atom. The van der Waals surface area contributed by atoms with E-state index in [1.165, 1.54) is 18.0 Å². The summed E-state index contributed by atoms with van der Waals surface area (Å²) in [7, 11) is 0. The van der Waals surface area contributed by atoms with Crippen LogP contribution >= 0.6 is 11.8 Å². The molecule has 3 heterocycles. The molecule has 0 saturated carbocycles. The van der Waals surface area contributed by atoms with Crippen LogP contribution in [0.15, 0.2) is 0 Å². The summed E-state index contributed by atoms with van der Waals surface area (Å²) < 4.78 is 2.30. The third kappa shape index (κ3) is 1.35. The molecule has 2 aliphatic rings. The Balaban J connectivity index is 1.88. The van der Waals surface area contributed by atoms with Gasteiger partial charge in [-0.25, -0.2) is 0 Å². The molecular weight excluding hydrogens is 196 g/mol. The van der Waals surface area contributed by atoms with Gasteiger partial charge >= 0.3 is 0 Å². The molecule has 1 unspecified atom stereocenters. The number of hydrogen-bond donors (Lipinski definition) is 1. The van der Waals surface area contributed by atoms with Crippen LogP contribution in [-0.4, -0.2) is 32.8 Å². The van der Waals surface area contributed by atoms with Crippen LogP contribution in [0.3, 0.4) is 0 Å². The second kappa shape index (κ2) is 3.55. The maximum atomic E-state index is 4.30. The molecule has 5 heteroatoms. The molecule has 0 aliphatic carbocycles. The second-order valence-electron chi connectivity index (χ2n) is 3.81. The SMILES string of the molecule is C1Cc2nnc(C3CSCCN3)n2C1. The molecule has 14 heavy (non-hydrogen) atoms. The Bertz CT molecular complexity index is 330. The summed E-state index contributed by atoms with van der Waals surface area (Å²) in [5.74, 6) is 4.69. The highest BCUT2D eigenvalue weighted by Crippen LogP contribution is 2.23. The van der Waals surface area contributed by atoms with Crippen LogP contribution in [0, 0.1) is 0 Å². The largest absolute Gasteiger partial charge is 0.314 e. The van der Waals surface area contributed by atoms with Crippen molar-refractivity contribution in [3.8, 4) is 0 Å². The number of rotatable bonds is 1. The fraction of sp³-hybridized carbons (Fsp3) is 0.778. The normalized spacial score (nSPS) is 26.4. The van der Waals surface area contributed by atoms with Crippen molar-refractivity contribution in [2.24, 2.45) is 0 Å². The summed E-state index contributed by atoms with van der Waals surface area (Å²) in [6.45, 7) is 2.21. The molecule has 1 saturated heterocycles. The van der Waals surface area contributed by atoms with Crippen LogP contribution < -0.4 is 5.32 Å². The van der Waals surface area contributed by atoms with Crippen molar-refractivity contribution in [3.05, 3.63) is 11.6 Å². The average Bonchev–Trinajstić information content (AvgIpc) is 2.79. The van der Waals surface area contributed by atoms with Gasteiger partial charge in [0.05, 0.1) is 6.04 Å². The minimum atomic E-state index is 0.424. The lowest BCUT2D eigenvalue weighted by Gasteiger charge is -2.22. The third-order valence-corrected chi connectivity index (χ3v) is 3.93. The van der Waals surface area contributed by atoms with Crippen LogP contribution in [-0.2, 0) is 13.0 Å². The maximum absolute atomic E-state index is 4.30. The molecule has 4 nitrogen and oxygen atoms in total. The highest BCUT2D eigenvalue weighted by molar-refractivity contribution is 7.99. The molecular formula is C9H14N4S. The highest BCUT2D eigenvalue weighted by Gasteiger charge is 2.24. The van der Waals surface area contributed by atoms with Gasteiger partial charge in [-0.3, -0.25) is 0 Å². The first-order valence-electron chi connectivity index (χ1n) is 5.18. The summed E-state index contributed by atoms with van der Waals surface area (Å²) >= 11 is 2.00. The second-order valence-corrected chi connectivity index (χ2v) is 4.96. The Morgan fingerprint density at radius 1 is 1.43 bits per heavy atom. The molecule has 1 atom stereocenters. The van der Waals surface area contributed by atoms with Gasteiger partial charge in [-0.2, -0.15) is 11.8 Å². The van der Waals surface area contributed by atoms with Crippen molar-refractivity contribution in [2.75, 3.05) is 18.1 Å². The van der Waals surface area contributed by atoms with Crippen molar-refractivity contribution in [2.45, 2.75) is 25.4 Å². The molecule has 1 N–H and O–H groups in total. The summed E-state index contributed by atoms with van der Waals surface area (Å²) in [6, 6.07) is 0.424. The molecule has 2 aliphatic heterocycles. The zero-order valence-corrected chi connectivity index (χ0v) is 8.89. The van der Waals surface area contributed by atoms with E-state index in [1.807, 2.05) is 11.8 Å². The zero-order valence-electron chi connectivity index (χ0n) is 8.07. The van der Waals surface area contributed by atoms with Gasteiger partial charge in [0.15, 0.2) is 5.82 Å². The van der Waals surface area contributed by atoms with Gasteiger partial charge in [-0.05, 0) is 6.42 Å². The highest BCUT2D eigenvalue weighted by atomic mass is 32.2. The van der Waals surface area contributed by atoms with Crippen LogP contribution in [0.25, 0.3) is 0 Å². The number of nitrogens with one attached hydrogen (secondary N) is 1. The predicted octanol–water partition coefficient (Wildman–Crippen LogP) is 0.602. The van der Waals surface area contributed by atoms with E-state index in [0.717, 1.165) is 31.1 Å². The van der Waals surface area contributed by atoms with E-state index in [-0.39, 0.29) is 0 Å². The van der Waals surface area contributed by atoms with E-state index in [4.69, 9.17) is 0 Å². The molecule has 0 amide bonds. The molecule has 0 aromatic carbocycles. The number of fused-ring (bicyclic) bond motifs is 1. The van der Waals surface area contributed by atoms with Crippen LogP contribution in [0.2, 0.25) is 0 Å². The monoisotopic (exact) mass is 210 g/mol. The predicted molar refractivity (Wildman–Crippen MR) is 56.4 cm³/mol. The summed E-state index contributed by atoms with van der Waals surface area (Å²) in [5.41, 5.74) is 0. The van der Waals surface area contributed by atoms with Gasteiger partial charge in [0, 0.05) is 31.0 Å². The first-order valence-corrected chi connectivity index (χ1v) is 6.34. The summed E-state index contributed by atoms with van der Waals surface area (Å²) in [4.78, 5) is 0. The Labute approximate surface area is 87.5 Å². The molecule has 0 radical (unpaired) electrons. The zero-order chi connectivity index (χ0) is 9.38. The number of aryl methyl sites for hydroxylation is 1. The molecule has 3 rings (SSSR count). The van der Waals surface area contributed by atoms with Crippen molar-refractivity contribution >= 4 is 11.8 Å². The van der Waals surface area contributed by atoms with Crippen molar-refractivity contribution < 1.29 is 0 Å². The van der Waals surface area contributed by atoms with Crippen LogP contribution in [0.4, 0.5) is 0 Å². The van der Waals surface area contributed by atoms with Gasteiger partial charge in [0.1, 0.15) is 5.82 Å². The van der Waals surface area contributed by atoms with Gasteiger partial charge in [0.2, 0.25) is 0 Å². The van der Waals surface area contributed by atoms with E-state index in [2.05, 4.69) is 20.1 Å². The van der Waals surface area contributed by atoms with Crippen molar-refractivity contribution in [3.63, 3.8) is 0 Å². The van der Waals surface area contributed by atoms with Gasteiger partial charge in [0.25, 0.3) is 0 Å². The minimum Gasteiger partial charge on any atom is -0.314 e. The van der Waals surface area contributed by atoms with E-state index in [0.29, 0.717) is 6.04 Å². The first kappa shape index (κ1) is 8.73. The number of aromatic nitrogens is 3. The number of nitrogens with zero attached hydrogens (tertiary/aromatic N) is 3. The Hall–Kier alpha value is -0.550. The van der Waals surface area contributed by atoms with E-state index in [1.54, 1.807) is 0 Å². The quantitative estimate of drug-likeness (QED) is 0.737. The van der Waals surface area contributed by atoms with Crippen molar-refractivity contribution in [1.29, 1.82) is 0 Å². The Morgan fingerprint density at radius 3 is 3.29 bits per heavy atom. The molecule has 1 fully saturated rings. The van der Waals surface area contributed by atoms with E-state index in [9.17, 15) is 0 Å². The number of hydrogen-bond acceptors (Lipinski definition) is 4. The third-order valence-electron chi connectivity index (χ3n) is 2.87. The summed E-state index contributed by atoms with van der Waals surface area (Å²) in [5, 5.41) is 12.0. The van der Waals surface area contributed by atoms with Crippen molar-refractivity contribution in [1.82, 2.24) is 20.1 Å². The van der Waals surface area contributed by atoms with Gasteiger partial charge < -0.3 is 9.88 Å². The lowest BCUT2D eigenvalue weighted by atomic mass is 10.3. The van der Waals surface area contributed by atoms with E-state index >= 15 is 0 Å². The van der Waals surface area contributed by atoms with Gasteiger partial charge in [-0.1, -0.05) is 0 Å². The number of thioether (sulfide) groups is 1. The Kier molecular flexibility index (Phi) is 2.21. The van der Waals surface area contributed by atoms with Gasteiger partial charge in [-0.15, -0.1) is 10.2 Å². The average molecular weight is 210 g/mol. The smallest absolute Gasteiger partial charge is 0.151 e. The lowest BCUT2D eigenvalue weighted by Crippen LogP contribution is -2.32.